The maximum absolute atomic E-state index is 13.3. The minimum atomic E-state index is -0.199. The van der Waals surface area contributed by atoms with Crippen LogP contribution in [0.15, 0.2) is 28.9 Å². The predicted molar refractivity (Wildman–Crippen MR) is 108 cm³/mol. The van der Waals surface area contributed by atoms with Gasteiger partial charge < -0.3 is 24.5 Å². The molecule has 152 valence electrons. The highest BCUT2D eigenvalue weighted by Gasteiger charge is 2.38. The number of rotatable bonds is 6. The summed E-state index contributed by atoms with van der Waals surface area (Å²) in [6.07, 6.45) is 3.55. The molecular formula is C21H24N4O4. The van der Waals surface area contributed by atoms with Crippen molar-refractivity contribution in [2.24, 2.45) is 0 Å². The van der Waals surface area contributed by atoms with Gasteiger partial charge >= 0.3 is 0 Å². The summed E-state index contributed by atoms with van der Waals surface area (Å²) in [5.41, 5.74) is 1.62. The number of nitrogens with zero attached hydrogens (tertiary/aromatic N) is 3. The van der Waals surface area contributed by atoms with Gasteiger partial charge in [0.2, 0.25) is 5.71 Å². The normalized spacial score (nSPS) is 14.6. The third kappa shape index (κ3) is 3.57. The molecule has 0 aliphatic heterocycles. The number of furan rings is 1. The maximum atomic E-state index is 13.3. The summed E-state index contributed by atoms with van der Waals surface area (Å²) in [5.74, 6) is 1.34. The molecule has 2 aromatic heterocycles. The largest absolute Gasteiger partial charge is 0.504 e. The fraction of sp³-hybridized carbons (Fsp3) is 0.381. The molecule has 8 heteroatoms. The van der Waals surface area contributed by atoms with Crippen LogP contribution in [0.4, 0.5) is 5.82 Å². The fourth-order valence-electron chi connectivity index (χ4n) is 3.37. The smallest absolute Gasteiger partial charge is 0.258 e. The van der Waals surface area contributed by atoms with Crippen LogP contribution >= 0.6 is 0 Å². The molecule has 1 fully saturated rings. The molecule has 1 amide bonds. The monoisotopic (exact) mass is 396 g/mol. The van der Waals surface area contributed by atoms with Gasteiger partial charge in [-0.05, 0) is 44.4 Å². The minimum absolute atomic E-state index is 0.000695. The van der Waals surface area contributed by atoms with E-state index in [4.69, 9.17) is 9.15 Å². The van der Waals surface area contributed by atoms with Gasteiger partial charge in [-0.1, -0.05) is 6.07 Å². The topological polar surface area (TPSA) is 101 Å². The number of phenols is 1. The lowest BCUT2D eigenvalue weighted by atomic mass is 10.1. The minimum Gasteiger partial charge on any atom is -0.504 e. The van der Waals surface area contributed by atoms with Crippen LogP contribution in [0, 0.1) is 6.92 Å². The SMILES string of the molecule is COc1ccc(CN(C)C(=O)c2c(C)oc3ncnc(NC4(C)CC4)c23)cc1O. The Morgan fingerprint density at radius 3 is 2.79 bits per heavy atom. The third-order valence-electron chi connectivity index (χ3n) is 5.31. The average molecular weight is 396 g/mol. The highest BCUT2D eigenvalue weighted by Crippen LogP contribution is 2.40. The quantitative estimate of drug-likeness (QED) is 0.658. The Morgan fingerprint density at radius 2 is 2.14 bits per heavy atom. The molecule has 1 aliphatic carbocycles. The molecule has 2 heterocycles. The molecule has 4 rings (SSSR count). The van der Waals surface area contributed by atoms with Gasteiger partial charge in [-0.3, -0.25) is 4.79 Å². The van der Waals surface area contributed by atoms with Crippen molar-refractivity contribution in [3.05, 3.63) is 41.4 Å². The molecule has 29 heavy (non-hydrogen) atoms. The summed E-state index contributed by atoms with van der Waals surface area (Å²) < 4.78 is 10.8. The Labute approximate surface area is 168 Å². The molecule has 2 N–H and O–H groups in total. The summed E-state index contributed by atoms with van der Waals surface area (Å²) in [6, 6.07) is 5.08. The molecule has 0 bridgehead atoms. The van der Waals surface area contributed by atoms with Crippen LogP contribution in [0.1, 0.15) is 41.4 Å². The molecule has 0 spiro atoms. The lowest BCUT2D eigenvalue weighted by Gasteiger charge is -2.18. The molecule has 1 saturated carbocycles. The lowest BCUT2D eigenvalue weighted by Crippen LogP contribution is -2.27. The van der Waals surface area contributed by atoms with Crippen LogP contribution in [-0.2, 0) is 6.54 Å². The number of hydrogen-bond donors (Lipinski definition) is 2. The van der Waals surface area contributed by atoms with Crippen LogP contribution < -0.4 is 10.1 Å². The van der Waals surface area contributed by atoms with Gasteiger partial charge in [0.25, 0.3) is 5.91 Å². The second-order valence-corrected chi connectivity index (χ2v) is 7.79. The van der Waals surface area contributed by atoms with E-state index < -0.39 is 0 Å². The van der Waals surface area contributed by atoms with E-state index >= 15 is 0 Å². The van der Waals surface area contributed by atoms with Crippen LogP contribution in [0.3, 0.4) is 0 Å². The van der Waals surface area contributed by atoms with E-state index in [0.29, 0.717) is 40.5 Å². The molecule has 0 saturated heterocycles. The first-order chi connectivity index (χ1) is 13.8. The Hall–Kier alpha value is -3.29. The average Bonchev–Trinajstić information content (AvgIpc) is 3.30. The summed E-state index contributed by atoms with van der Waals surface area (Å²) in [5, 5.41) is 14.0. The van der Waals surface area contributed by atoms with Gasteiger partial charge in [-0.25, -0.2) is 9.97 Å². The lowest BCUT2D eigenvalue weighted by molar-refractivity contribution is 0.0785. The van der Waals surface area contributed by atoms with Gasteiger partial charge in [0.15, 0.2) is 11.5 Å². The summed E-state index contributed by atoms with van der Waals surface area (Å²) in [6.45, 7) is 4.19. The van der Waals surface area contributed by atoms with Crippen LogP contribution in [-0.4, -0.2) is 45.6 Å². The van der Waals surface area contributed by atoms with Crippen LogP contribution in [0.5, 0.6) is 11.5 Å². The highest BCUT2D eigenvalue weighted by molar-refractivity contribution is 6.10. The van der Waals surface area contributed by atoms with Crippen molar-refractivity contribution < 1.29 is 19.1 Å². The number of hydrogen-bond acceptors (Lipinski definition) is 7. The number of aryl methyl sites for hydroxylation is 1. The molecule has 8 nitrogen and oxygen atoms in total. The zero-order valence-electron chi connectivity index (χ0n) is 16.9. The number of nitrogens with one attached hydrogen (secondary N) is 1. The number of aromatic nitrogens is 2. The number of carbonyl (C=O) groups excluding carboxylic acids is 1. The Bertz CT molecular complexity index is 1090. The molecule has 1 aromatic carbocycles. The van der Waals surface area contributed by atoms with Gasteiger partial charge in [0.05, 0.1) is 18.1 Å². The van der Waals surface area contributed by atoms with E-state index in [1.807, 2.05) is 6.07 Å². The van der Waals surface area contributed by atoms with Gasteiger partial charge in [0.1, 0.15) is 17.9 Å². The zero-order valence-corrected chi connectivity index (χ0v) is 16.9. The standard InChI is InChI=1S/C21H24N4O4/c1-12-16(17-18(24-21(2)7-8-21)22-11-23-19(17)29-12)20(27)25(3)10-13-5-6-15(28-4)14(26)9-13/h5-6,9,11,26H,7-8,10H2,1-4H3,(H,22,23,24). The predicted octanol–water partition coefficient (Wildman–Crippen LogP) is 3.48. The number of aromatic hydroxyl groups is 1. The second-order valence-electron chi connectivity index (χ2n) is 7.79. The molecule has 3 aromatic rings. The number of benzene rings is 1. The first-order valence-electron chi connectivity index (χ1n) is 9.45. The van der Waals surface area contributed by atoms with Crippen molar-refractivity contribution in [3.63, 3.8) is 0 Å². The molecule has 1 aliphatic rings. The summed E-state index contributed by atoms with van der Waals surface area (Å²) >= 11 is 0. The van der Waals surface area contributed by atoms with Crippen molar-refractivity contribution in [2.75, 3.05) is 19.5 Å². The van der Waals surface area contributed by atoms with Crippen molar-refractivity contribution in [1.29, 1.82) is 0 Å². The number of ether oxygens (including phenoxy) is 1. The van der Waals surface area contributed by atoms with Crippen molar-refractivity contribution in [1.82, 2.24) is 14.9 Å². The number of amides is 1. The Kier molecular flexibility index (Phi) is 4.56. The number of phenolic OH excluding ortho intramolecular Hbond substituents is 1. The molecule has 0 atom stereocenters. The van der Waals surface area contributed by atoms with E-state index in [-0.39, 0.29) is 17.2 Å². The van der Waals surface area contributed by atoms with Crippen LogP contribution in [0.2, 0.25) is 0 Å². The molecular weight excluding hydrogens is 372 g/mol. The summed E-state index contributed by atoms with van der Waals surface area (Å²) in [4.78, 5) is 23.4. The first kappa shape index (κ1) is 19.0. The number of anilines is 1. The maximum Gasteiger partial charge on any atom is 0.258 e. The number of carbonyl (C=O) groups is 1. The van der Waals surface area contributed by atoms with E-state index in [1.165, 1.54) is 13.4 Å². The first-order valence-corrected chi connectivity index (χ1v) is 9.45. The van der Waals surface area contributed by atoms with Gasteiger partial charge in [-0.15, -0.1) is 0 Å². The third-order valence-corrected chi connectivity index (χ3v) is 5.31. The van der Waals surface area contributed by atoms with Gasteiger partial charge in [-0.2, -0.15) is 0 Å². The fourth-order valence-corrected chi connectivity index (χ4v) is 3.37. The second kappa shape index (κ2) is 6.95. The van der Waals surface area contributed by atoms with Gasteiger partial charge in [0, 0.05) is 19.1 Å². The van der Waals surface area contributed by atoms with Crippen LogP contribution in [0.25, 0.3) is 11.1 Å². The van der Waals surface area contributed by atoms with E-state index in [1.54, 1.807) is 31.0 Å². The number of methoxy groups -OCH3 is 1. The molecule has 0 unspecified atom stereocenters. The van der Waals surface area contributed by atoms with Crippen molar-refractivity contribution in [2.45, 2.75) is 38.8 Å². The van der Waals surface area contributed by atoms with E-state index in [0.717, 1.165) is 18.4 Å². The zero-order chi connectivity index (χ0) is 20.8. The molecule has 0 radical (unpaired) electrons. The number of fused-ring (bicyclic) bond motifs is 1. The van der Waals surface area contributed by atoms with E-state index in [9.17, 15) is 9.90 Å². The highest BCUT2D eigenvalue weighted by atomic mass is 16.5. The van der Waals surface area contributed by atoms with Crippen molar-refractivity contribution >= 4 is 22.8 Å². The van der Waals surface area contributed by atoms with Crippen molar-refractivity contribution in [3.8, 4) is 11.5 Å². The summed E-state index contributed by atoms with van der Waals surface area (Å²) in [7, 11) is 3.20. The Balaban J connectivity index is 1.65. The Morgan fingerprint density at radius 1 is 1.38 bits per heavy atom. The van der Waals surface area contributed by atoms with E-state index in [2.05, 4.69) is 22.2 Å².